The van der Waals surface area contributed by atoms with E-state index < -0.39 is 22.5 Å². The van der Waals surface area contributed by atoms with Crippen molar-refractivity contribution in [3.63, 3.8) is 0 Å². The maximum Gasteiger partial charge on any atom is 0.387 e. The Labute approximate surface area is 165 Å². The van der Waals surface area contributed by atoms with Gasteiger partial charge in [0.05, 0.1) is 12.1 Å². The molecule has 0 aliphatic carbocycles. The third-order valence-corrected chi connectivity index (χ3v) is 5.89. The normalized spacial score (nSPS) is 11.6. The van der Waals surface area contributed by atoms with E-state index in [0.29, 0.717) is 0 Å². The van der Waals surface area contributed by atoms with E-state index in [1.54, 1.807) is 0 Å². The number of amides is 1. The minimum absolute atomic E-state index is 0.00173. The number of carbonyl (C=O) groups is 1. The highest BCUT2D eigenvalue weighted by Crippen LogP contribution is 2.30. The monoisotopic (exact) mass is 434 g/mol. The summed E-state index contributed by atoms with van der Waals surface area (Å²) in [4.78, 5) is 12.3. The first-order chi connectivity index (χ1) is 13.1. The van der Waals surface area contributed by atoms with Gasteiger partial charge in [0.1, 0.15) is 4.90 Å². The van der Waals surface area contributed by atoms with Crippen molar-refractivity contribution >= 4 is 33.2 Å². The Bertz CT molecular complexity index is 984. The molecule has 0 saturated carbocycles. The van der Waals surface area contributed by atoms with Crippen LogP contribution in [0.4, 0.5) is 14.5 Å². The van der Waals surface area contributed by atoms with E-state index in [1.165, 1.54) is 57.6 Å². The quantitative estimate of drug-likeness (QED) is 0.721. The van der Waals surface area contributed by atoms with Gasteiger partial charge >= 0.3 is 6.61 Å². The highest BCUT2D eigenvalue weighted by molar-refractivity contribution is 7.89. The molecule has 0 unspecified atom stereocenters. The summed E-state index contributed by atoms with van der Waals surface area (Å²) < 4.78 is 59.6. The molecule has 0 spiro atoms. The highest BCUT2D eigenvalue weighted by atomic mass is 35.5. The lowest BCUT2D eigenvalue weighted by molar-refractivity contribution is -0.0512. The van der Waals surface area contributed by atoms with Crippen molar-refractivity contribution in [2.24, 2.45) is 0 Å². The number of anilines is 1. The molecule has 0 aromatic heterocycles. The van der Waals surface area contributed by atoms with Crippen molar-refractivity contribution in [1.82, 2.24) is 4.31 Å². The summed E-state index contributed by atoms with van der Waals surface area (Å²) >= 11 is 5.97. The first kappa shape index (κ1) is 21.9. The fraction of sp³-hybridized carbons (Fsp3) is 0.235. The van der Waals surface area contributed by atoms with Gasteiger partial charge in [-0.3, -0.25) is 4.79 Å². The average molecular weight is 435 g/mol. The number of methoxy groups -OCH3 is 1. The van der Waals surface area contributed by atoms with Gasteiger partial charge in [0, 0.05) is 25.3 Å². The average Bonchev–Trinajstić information content (AvgIpc) is 2.62. The third kappa shape index (κ3) is 4.89. The maximum absolute atomic E-state index is 12.4. The number of sulfonamides is 1. The number of carbonyl (C=O) groups excluding carboxylic acids is 1. The van der Waals surface area contributed by atoms with Crippen molar-refractivity contribution in [3.8, 4) is 11.5 Å². The van der Waals surface area contributed by atoms with E-state index in [-0.39, 0.29) is 32.7 Å². The number of nitrogens with one attached hydrogen (secondary N) is 1. The Morgan fingerprint density at radius 1 is 1.14 bits per heavy atom. The molecule has 1 amide bonds. The number of rotatable bonds is 7. The van der Waals surface area contributed by atoms with Crippen LogP contribution in [-0.2, 0) is 10.0 Å². The van der Waals surface area contributed by atoms with Crippen molar-refractivity contribution < 1.29 is 31.5 Å². The van der Waals surface area contributed by atoms with Gasteiger partial charge in [-0.25, -0.2) is 12.7 Å². The smallest absolute Gasteiger partial charge is 0.387 e. The van der Waals surface area contributed by atoms with E-state index in [2.05, 4.69) is 10.1 Å². The zero-order chi connectivity index (χ0) is 21.1. The van der Waals surface area contributed by atoms with Gasteiger partial charge in [-0.2, -0.15) is 8.78 Å². The van der Waals surface area contributed by atoms with Crippen molar-refractivity contribution in [2.75, 3.05) is 26.5 Å². The molecule has 11 heteroatoms. The van der Waals surface area contributed by atoms with Crippen LogP contribution in [0.2, 0.25) is 5.02 Å². The fourth-order valence-corrected chi connectivity index (χ4v) is 3.57. The molecule has 152 valence electrons. The van der Waals surface area contributed by atoms with E-state index in [4.69, 9.17) is 16.3 Å². The first-order valence-corrected chi connectivity index (χ1v) is 9.54. The molecule has 0 bridgehead atoms. The summed E-state index contributed by atoms with van der Waals surface area (Å²) in [7, 11) is 0.134. The van der Waals surface area contributed by atoms with Crippen LogP contribution in [0.3, 0.4) is 0 Å². The van der Waals surface area contributed by atoms with Crippen molar-refractivity contribution in [3.05, 3.63) is 47.0 Å². The van der Waals surface area contributed by atoms with Crippen molar-refractivity contribution in [2.45, 2.75) is 11.5 Å². The van der Waals surface area contributed by atoms with Gasteiger partial charge in [0.15, 0.2) is 11.5 Å². The Hall–Kier alpha value is -2.43. The van der Waals surface area contributed by atoms with E-state index in [1.807, 2.05) is 0 Å². The Morgan fingerprint density at radius 2 is 1.82 bits per heavy atom. The molecule has 0 saturated heterocycles. The van der Waals surface area contributed by atoms with Gasteiger partial charge in [-0.05, 0) is 36.4 Å². The predicted octanol–water partition coefficient (Wildman–Crippen LogP) is 3.45. The molecule has 1 N–H and O–H groups in total. The first-order valence-electron chi connectivity index (χ1n) is 7.72. The van der Waals surface area contributed by atoms with E-state index >= 15 is 0 Å². The second kappa shape index (κ2) is 8.72. The summed E-state index contributed by atoms with van der Waals surface area (Å²) in [6, 6.07) is 7.66. The van der Waals surface area contributed by atoms with Crippen LogP contribution in [0.1, 0.15) is 10.4 Å². The summed E-state index contributed by atoms with van der Waals surface area (Å²) in [5.74, 6) is -0.891. The van der Waals surface area contributed by atoms with Gasteiger partial charge in [0.25, 0.3) is 5.91 Å². The van der Waals surface area contributed by atoms with Crippen LogP contribution < -0.4 is 14.8 Å². The summed E-state index contributed by atoms with van der Waals surface area (Å²) in [5.41, 5.74) is 0.270. The molecule has 0 heterocycles. The minimum Gasteiger partial charge on any atom is -0.493 e. The topological polar surface area (TPSA) is 84.9 Å². The van der Waals surface area contributed by atoms with E-state index in [0.717, 1.165) is 4.31 Å². The highest BCUT2D eigenvalue weighted by Gasteiger charge is 2.22. The number of nitrogens with zero attached hydrogens (tertiary/aromatic N) is 1. The molecule has 0 fully saturated rings. The summed E-state index contributed by atoms with van der Waals surface area (Å²) in [6.45, 7) is -3.04. The lowest BCUT2D eigenvalue weighted by atomic mass is 10.2. The lowest BCUT2D eigenvalue weighted by Gasteiger charge is -2.15. The van der Waals surface area contributed by atoms with Crippen LogP contribution in [0.15, 0.2) is 41.3 Å². The SMILES string of the molecule is COc1cc(C(=O)Nc2ccc(Cl)c(S(=O)(=O)N(C)C)c2)ccc1OC(F)F. The number of hydrogen-bond donors (Lipinski definition) is 1. The molecule has 2 aromatic carbocycles. The second-order valence-electron chi connectivity index (χ2n) is 5.63. The lowest BCUT2D eigenvalue weighted by Crippen LogP contribution is -2.23. The standard InChI is InChI=1S/C17H17ClF2N2O5S/c1-22(2)28(24,25)15-9-11(5-6-12(15)18)21-16(23)10-4-7-13(27-17(19)20)14(8-10)26-3/h4-9,17H,1-3H3,(H,21,23). The molecule has 7 nitrogen and oxygen atoms in total. The molecule has 0 atom stereocenters. The van der Waals surface area contributed by atoms with Gasteiger partial charge in [-0.15, -0.1) is 0 Å². The molecular weight excluding hydrogens is 418 g/mol. The Kier molecular flexibility index (Phi) is 6.81. The molecule has 2 rings (SSSR count). The summed E-state index contributed by atoms with van der Waals surface area (Å²) in [5, 5.41) is 2.53. The van der Waals surface area contributed by atoms with Crippen molar-refractivity contribution in [1.29, 1.82) is 0 Å². The molecule has 0 aliphatic rings. The number of ether oxygens (including phenoxy) is 2. The largest absolute Gasteiger partial charge is 0.493 e. The van der Waals surface area contributed by atoms with E-state index in [9.17, 15) is 22.0 Å². The van der Waals surface area contributed by atoms with Crippen LogP contribution >= 0.6 is 11.6 Å². The van der Waals surface area contributed by atoms with Crippen LogP contribution in [0, 0.1) is 0 Å². The maximum atomic E-state index is 12.4. The predicted molar refractivity (Wildman–Crippen MR) is 99.9 cm³/mol. The zero-order valence-electron chi connectivity index (χ0n) is 15.1. The Morgan fingerprint density at radius 3 is 2.39 bits per heavy atom. The van der Waals surface area contributed by atoms with Crippen LogP contribution in [0.25, 0.3) is 0 Å². The number of alkyl halides is 2. The minimum atomic E-state index is -3.82. The van der Waals surface area contributed by atoms with Gasteiger partial charge in [-0.1, -0.05) is 11.6 Å². The van der Waals surface area contributed by atoms with Crippen LogP contribution in [-0.4, -0.2) is 46.4 Å². The second-order valence-corrected chi connectivity index (χ2v) is 8.16. The third-order valence-electron chi connectivity index (χ3n) is 3.59. The molecule has 0 aliphatic heterocycles. The molecule has 0 radical (unpaired) electrons. The van der Waals surface area contributed by atoms with Gasteiger partial charge in [0.2, 0.25) is 10.0 Å². The summed E-state index contributed by atoms with van der Waals surface area (Å²) in [6.07, 6.45) is 0. The fourth-order valence-electron chi connectivity index (χ4n) is 2.18. The zero-order valence-corrected chi connectivity index (χ0v) is 16.6. The molecule has 28 heavy (non-hydrogen) atoms. The number of hydrogen-bond acceptors (Lipinski definition) is 5. The Balaban J connectivity index is 2.31. The number of halogens is 3. The van der Waals surface area contributed by atoms with Crippen LogP contribution in [0.5, 0.6) is 11.5 Å². The molecule has 2 aromatic rings. The number of benzene rings is 2. The van der Waals surface area contributed by atoms with Gasteiger partial charge < -0.3 is 14.8 Å². The molecular formula is C17H17ClF2N2O5S.